The largest absolute Gasteiger partial charge is 0.376 e. The lowest BCUT2D eigenvalue weighted by Crippen LogP contribution is -2.23. The van der Waals surface area contributed by atoms with Gasteiger partial charge in [0.25, 0.3) is 5.91 Å². The molecule has 1 aromatic carbocycles. The number of aliphatic hydroxyl groups excluding tert-OH is 1. The zero-order valence-corrected chi connectivity index (χ0v) is 12.3. The smallest absolute Gasteiger partial charge is 0.253 e. The third-order valence-electron chi connectivity index (χ3n) is 3.20. The van der Waals surface area contributed by atoms with E-state index in [1.165, 1.54) is 32.1 Å². The molecule has 1 aromatic rings. The first-order chi connectivity index (χ1) is 9.77. The number of carbonyl (C=O) groups excluding carboxylic acids is 1. The molecule has 0 saturated carbocycles. The second-order valence-electron chi connectivity index (χ2n) is 4.89. The molecule has 2 N–H and O–H groups in total. The minimum atomic E-state index is -0.335. The van der Waals surface area contributed by atoms with Gasteiger partial charge in [-0.15, -0.1) is 0 Å². The monoisotopic (exact) mass is 275 g/mol. The summed E-state index contributed by atoms with van der Waals surface area (Å²) in [6.45, 7) is 1.89. The van der Waals surface area contributed by atoms with Crippen molar-refractivity contribution in [1.82, 2.24) is 5.32 Å². The summed E-state index contributed by atoms with van der Waals surface area (Å²) in [6, 6.07) is 7.37. The second kappa shape index (κ2) is 10.2. The number of rotatable bonds is 9. The molecular formula is C17H25NO2. The first-order valence-electron chi connectivity index (χ1n) is 7.43. The van der Waals surface area contributed by atoms with E-state index in [4.69, 9.17) is 5.11 Å². The van der Waals surface area contributed by atoms with Gasteiger partial charge < -0.3 is 10.4 Å². The van der Waals surface area contributed by atoms with Gasteiger partial charge in [-0.1, -0.05) is 56.9 Å². The Kier molecular flexibility index (Phi) is 8.40. The molecule has 0 unspecified atom stereocenters. The van der Waals surface area contributed by atoms with Gasteiger partial charge in [-0.05, 0) is 30.5 Å². The van der Waals surface area contributed by atoms with Gasteiger partial charge in [0, 0.05) is 5.56 Å². The van der Waals surface area contributed by atoms with Crippen LogP contribution in [-0.4, -0.2) is 17.7 Å². The van der Waals surface area contributed by atoms with Gasteiger partial charge in [0.15, 0.2) is 0 Å². The van der Waals surface area contributed by atoms with Crippen molar-refractivity contribution in [1.29, 1.82) is 0 Å². The molecule has 0 aliphatic heterocycles. The molecule has 0 heterocycles. The van der Waals surface area contributed by atoms with Gasteiger partial charge in [0.2, 0.25) is 0 Å². The van der Waals surface area contributed by atoms with Crippen molar-refractivity contribution in [3.63, 3.8) is 0 Å². The zero-order valence-electron chi connectivity index (χ0n) is 12.3. The molecule has 0 fully saturated rings. The molecule has 20 heavy (non-hydrogen) atoms. The Hall–Kier alpha value is -1.61. The molecule has 1 amide bonds. The van der Waals surface area contributed by atoms with Crippen molar-refractivity contribution >= 4 is 12.0 Å². The second-order valence-corrected chi connectivity index (χ2v) is 4.89. The Morgan fingerprint density at radius 1 is 1.15 bits per heavy atom. The number of hydrogen-bond acceptors (Lipinski definition) is 2. The highest BCUT2D eigenvalue weighted by atomic mass is 16.3. The average molecular weight is 275 g/mol. The average Bonchev–Trinajstić information content (AvgIpc) is 2.47. The summed E-state index contributed by atoms with van der Waals surface area (Å²) in [4.78, 5) is 11.5. The molecule has 0 aliphatic carbocycles. The molecule has 1 rings (SSSR count). The third-order valence-corrected chi connectivity index (χ3v) is 3.20. The van der Waals surface area contributed by atoms with Gasteiger partial charge in [-0.2, -0.15) is 0 Å². The van der Waals surface area contributed by atoms with Crippen molar-refractivity contribution < 1.29 is 9.90 Å². The van der Waals surface area contributed by atoms with Crippen LogP contribution in [0.25, 0.3) is 6.08 Å². The Morgan fingerprint density at radius 3 is 2.50 bits per heavy atom. The molecule has 0 aliphatic rings. The molecule has 110 valence electrons. The number of unbranched alkanes of at least 4 members (excludes halogenated alkanes) is 5. The van der Waals surface area contributed by atoms with Gasteiger partial charge in [0.05, 0.1) is 0 Å². The highest BCUT2D eigenvalue weighted by Gasteiger charge is 2.02. The van der Waals surface area contributed by atoms with Crippen LogP contribution in [0.3, 0.4) is 0 Å². The molecule has 0 radical (unpaired) electrons. The van der Waals surface area contributed by atoms with Crippen LogP contribution < -0.4 is 5.32 Å². The molecule has 0 atom stereocenters. The van der Waals surface area contributed by atoms with E-state index in [2.05, 4.69) is 24.4 Å². The molecule has 0 aromatic heterocycles. The summed E-state index contributed by atoms with van der Waals surface area (Å²) >= 11 is 0. The standard InChI is InChI=1S/C17H25NO2/c1-2-3-4-5-6-7-8-9-15-10-12-16(13-11-15)17(20)18-14-19/h8-13,19H,2-7,14H2,1H3,(H,18,20). The Balaban J connectivity index is 2.32. The number of aliphatic hydroxyl groups is 1. The number of amides is 1. The van der Waals surface area contributed by atoms with Gasteiger partial charge >= 0.3 is 0 Å². The van der Waals surface area contributed by atoms with Gasteiger partial charge in [0.1, 0.15) is 6.73 Å². The maximum absolute atomic E-state index is 11.5. The SMILES string of the molecule is CCCCCCCC=Cc1ccc(C(=O)NCO)cc1. The zero-order chi connectivity index (χ0) is 14.6. The van der Waals surface area contributed by atoms with Crippen LogP contribution in [0.4, 0.5) is 0 Å². The van der Waals surface area contributed by atoms with E-state index in [0.717, 1.165) is 12.0 Å². The molecule has 3 heteroatoms. The molecular weight excluding hydrogens is 250 g/mol. The molecule has 0 bridgehead atoms. The molecule has 0 saturated heterocycles. The fraction of sp³-hybridized carbons (Fsp3) is 0.471. The lowest BCUT2D eigenvalue weighted by atomic mass is 10.1. The fourth-order valence-corrected chi connectivity index (χ4v) is 2.00. The van der Waals surface area contributed by atoms with Crippen molar-refractivity contribution in [2.45, 2.75) is 45.4 Å². The summed E-state index contributed by atoms with van der Waals surface area (Å²) < 4.78 is 0. The van der Waals surface area contributed by atoms with Crippen molar-refractivity contribution in [2.75, 3.05) is 6.73 Å². The fourth-order valence-electron chi connectivity index (χ4n) is 2.00. The van der Waals surface area contributed by atoms with Crippen LogP contribution in [0, 0.1) is 0 Å². The van der Waals surface area contributed by atoms with E-state index in [1.807, 2.05) is 12.1 Å². The number of benzene rings is 1. The lowest BCUT2D eigenvalue weighted by molar-refractivity contribution is 0.0910. The quantitative estimate of drug-likeness (QED) is 0.533. The lowest BCUT2D eigenvalue weighted by Gasteiger charge is -2.01. The minimum Gasteiger partial charge on any atom is -0.376 e. The normalized spacial score (nSPS) is 10.9. The number of carbonyl (C=O) groups is 1. The summed E-state index contributed by atoms with van der Waals surface area (Å²) in [5.74, 6) is -0.251. The highest BCUT2D eigenvalue weighted by molar-refractivity contribution is 5.94. The van der Waals surface area contributed by atoms with E-state index in [-0.39, 0.29) is 12.6 Å². The van der Waals surface area contributed by atoms with Crippen molar-refractivity contribution in [3.05, 3.63) is 41.5 Å². The van der Waals surface area contributed by atoms with E-state index >= 15 is 0 Å². The number of hydrogen-bond donors (Lipinski definition) is 2. The van der Waals surface area contributed by atoms with Crippen LogP contribution >= 0.6 is 0 Å². The van der Waals surface area contributed by atoms with Crippen LogP contribution in [0.2, 0.25) is 0 Å². The molecule has 0 spiro atoms. The summed E-state index contributed by atoms with van der Waals surface area (Å²) in [5, 5.41) is 11.0. The van der Waals surface area contributed by atoms with Crippen LogP contribution in [0.15, 0.2) is 30.3 Å². The van der Waals surface area contributed by atoms with E-state index in [9.17, 15) is 4.79 Å². The van der Waals surface area contributed by atoms with Crippen molar-refractivity contribution in [2.24, 2.45) is 0 Å². The van der Waals surface area contributed by atoms with Crippen LogP contribution in [0.5, 0.6) is 0 Å². The van der Waals surface area contributed by atoms with E-state index < -0.39 is 0 Å². The predicted molar refractivity (Wildman–Crippen MR) is 83.4 cm³/mol. The maximum atomic E-state index is 11.5. The Morgan fingerprint density at radius 2 is 1.85 bits per heavy atom. The number of allylic oxidation sites excluding steroid dienone is 1. The van der Waals surface area contributed by atoms with Gasteiger partial charge in [-0.3, -0.25) is 4.79 Å². The first-order valence-corrected chi connectivity index (χ1v) is 7.43. The van der Waals surface area contributed by atoms with E-state index in [1.54, 1.807) is 12.1 Å². The highest BCUT2D eigenvalue weighted by Crippen LogP contribution is 2.09. The summed E-state index contributed by atoms with van der Waals surface area (Å²) in [7, 11) is 0. The van der Waals surface area contributed by atoms with Crippen LogP contribution in [-0.2, 0) is 0 Å². The summed E-state index contributed by atoms with van der Waals surface area (Å²) in [6.07, 6.45) is 11.9. The Bertz CT molecular complexity index is 410. The minimum absolute atomic E-state index is 0.251. The third kappa shape index (κ3) is 6.53. The van der Waals surface area contributed by atoms with Crippen molar-refractivity contribution in [3.8, 4) is 0 Å². The Labute approximate surface area is 121 Å². The molecule has 3 nitrogen and oxygen atoms in total. The van der Waals surface area contributed by atoms with E-state index in [0.29, 0.717) is 5.56 Å². The first kappa shape index (κ1) is 16.4. The van der Waals surface area contributed by atoms with Gasteiger partial charge in [-0.25, -0.2) is 0 Å². The number of nitrogens with one attached hydrogen (secondary N) is 1. The maximum Gasteiger partial charge on any atom is 0.253 e. The topological polar surface area (TPSA) is 49.3 Å². The van der Waals surface area contributed by atoms with Crippen LogP contribution in [0.1, 0.15) is 61.4 Å². The summed E-state index contributed by atoms with van der Waals surface area (Å²) in [5.41, 5.74) is 1.66. The predicted octanol–water partition coefficient (Wildman–Crippen LogP) is 3.74.